The van der Waals surface area contributed by atoms with Crippen molar-refractivity contribution in [3.05, 3.63) is 23.5 Å². The number of aliphatic hydroxyl groups is 1. The molecule has 4 nitrogen and oxygen atoms in total. The zero-order valence-electron chi connectivity index (χ0n) is 11.6. The highest BCUT2D eigenvalue weighted by Gasteiger charge is 2.23. The molecule has 2 rings (SSSR count). The maximum absolute atomic E-state index is 9.43. The molecule has 100 valence electrons. The molecule has 0 spiro atoms. The monoisotopic (exact) mass is 249 g/mol. The Hall–Kier alpha value is -1.13. The van der Waals surface area contributed by atoms with Gasteiger partial charge in [-0.15, -0.1) is 0 Å². The Morgan fingerprint density at radius 3 is 2.83 bits per heavy atom. The number of pyridine rings is 1. The fourth-order valence-corrected chi connectivity index (χ4v) is 2.67. The maximum atomic E-state index is 9.43. The van der Waals surface area contributed by atoms with Crippen LogP contribution in [0.1, 0.15) is 25.1 Å². The normalized spacial score (nSPS) is 21.3. The van der Waals surface area contributed by atoms with E-state index in [-0.39, 0.29) is 6.61 Å². The van der Waals surface area contributed by atoms with E-state index in [1.165, 1.54) is 0 Å². The smallest absolute Gasteiger partial charge is 0.0717 e. The van der Waals surface area contributed by atoms with E-state index in [1.807, 2.05) is 6.92 Å². The Bertz CT molecular complexity index is 408. The van der Waals surface area contributed by atoms with Gasteiger partial charge >= 0.3 is 0 Å². The topological polar surface area (TPSA) is 39.6 Å². The first-order chi connectivity index (χ1) is 8.65. The van der Waals surface area contributed by atoms with Crippen LogP contribution in [0.25, 0.3) is 0 Å². The summed E-state index contributed by atoms with van der Waals surface area (Å²) in [6.07, 6.45) is 1.79. The second-order valence-electron chi connectivity index (χ2n) is 5.04. The fraction of sp³-hybridized carbons (Fsp3) is 0.643. The van der Waals surface area contributed by atoms with Crippen molar-refractivity contribution >= 4 is 5.69 Å². The number of nitrogens with zero attached hydrogens (tertiary/aromatic N) is 3. The van der Waals surface area contributed by atoms with Gasteiger partial charge in [0.05, 0.1) is 6.61 Å². The van der Waals surface area contributed by atoms with Crippen LogP contribution >= 0.6 is 0 Å². The molecule has 1 atom stereocenters. The van der Waals surface area contributed by atoms with Crippen molar-refractivity contribution in [1.29, 1.82) is 0 Å². The molecule has 2 heterocycles. The third-order valence-corrected chi connectivity index (χ3v) is 3.78. The molecule has 4 heteroatoms. The van der Waals surface area contributed by atoms with Gasteiger partial charge in [-0.1, -0.05) is 6.92 Å². The molecule has 0 aliphatic carbocycles. The number of aromatic nitrogens is 1. The Kier molecular flexibility index (Phi) is 4.19. The van der Waals surface area contributed by atoms with Crippen molar-refractivity contribution in [2.75, 3.05) is 31.1 Å². The minimum Gasteiger partial charge on any atom is -0.392 e. The van der Waals surface area contributed by atoms with E-state index in [9.17, 15) is 5.11 Å². The molecule has 18 heavy (non-hydrogen) atoms. The molecule has 1 aliphatic rings. The van der Waals surface area contributed by atoms with Gasteiger partial charge in [0.15, 0.2) is 0 Å². The number of anilines is 1. The highest BCUT2D eigenvalue weighted by Crippen LogP contribution is 2.24. The second kappa shape index (κ2) is 5.67. The van der Waals surface area contributed by atoms with Crippen molar-refractivity contribution < 1.29 is 5.11 Å². The van der Waals surface area contributed by atoms with Crippen LogP contribution < -0.4 is 4.90 Å². The van der Waals surface area contributed by atoms with E-state index in [4.69, 9.17) is 0 Å². The molecule has 1 unspecified atom stereocenters. The summed E-state index contributed by atoms with van der Waals surface area (Å²) in [6.45, 7) is 10.8. The summed E-state index contributed by atoms with van der Waals surface area (Å²) < 4.78 is 0. The fourth-order valence-electron chi connectivity index (χ4n) is 2.67. The highest BCUT2D eigenvalue weighted by molar-refractivity contribution is 5.54. The van der Waals surface area contributed by atoms with Gasteiger partial charge in [-0.25, -0.2) is 0 Å². The second-order valence-corrected chi connectivity index (χ2v) is 5.04. The van der Waals surface area contributed by atoms with Crippen LogP contribution in [0.5, 0.6) is 0 Å². The van der Waals surface area contributed by atoms with Crippen LogP contribution in [-0.2, 0) is 6.61 Å². The molecule has 1 aromatic heterocycles. The van der Waals surface area contributed by atoms with E-state index >= 15 is 0 Å². The molecule has 1 aromatic rings. The average Bonchev–Trinajstić information content (AvgIpc) is 2.38. The van der Waals surface area contributed by atoms with Gasteiger partial charge in [0.2, 0.25) is 0 Å². The summed E-state index contributed by atoms with van der Waals surface area (Å²) in [4.78, 5) is 9.12. The van der Waals surface area contributed by atoms with Crippen LogP contribution in [0.3, 0.4) is 0 Å². The molecule has 0 amide bonds. The number of hydrogen-bond acceptors (Lipinski definition) is 4. The summed E-state index contributed by atoms with van der Waals surface area (Å²) in [5.41, 5.74) is 3.08. The number of likely N-dealkylation sites (N-methyl/N-ethyl adjacent to an activating group) is 1. The van der Waals surface area contributed by atoms with Gasteiger partial charge in [-0.3, -0.25) is 9.88 Å². The van der Waals surface area contributed by atoms with E-state index < -0.39 is 0 Å². The van der Waals surface area contributed by atoms with Crippen LogP contribution in [0.15, 0.2) is 12.3 Å². The first-order valence-corrected chi connectivity index (χ1v) is 6.71. The number of aryl methyl sites for hydroxylation is 1. The van der Waals surface area contributed by atoms with Crippen LogP contribution in [-0.4, -0.2) is 47.2 Å². The van der Waals surface area contributed by atoms with Gasteiger partial charge in [0.25, 0.3) is 0 Å². The summed E-state index contributed by atoms with van der Waals surface area (Å²) >= 11 is 0. The van der Waals surface area contributed by atoms with Gasteiger partial charge in [-0.2, -0.15) is 0 Å². The third kappa shape index (κ3) is 2.65. The summed E-state index contributed by atoms with van der Waals surface area (Å²) in [6, 6.07) is 2.64. The lowest BCUT2D eigenvalue weighted by Crippen LogP contribution is -2.52. The van der Waals surface area contributed by atoms with Crippen LogP contribution in [0.4, 0.5) is 5.69 Å². The average molecular weight is 249 g/mol. The number of hydrogen-bond donors (Lipinski definition) is 1. The van der Waals surface area contributed by atoms with Crippen molar-refractivity contribution in [3.63, 3.8) is 0 Å². The molecule has 1 N–H and O–H groups in total. The van der Waals surface area contributed by atoms with Gasteiger partial charge < -0.3 is 10.0 Å². The Labute approximate surface area is 109 Å². The van der Waals surface area contributed by atoms with Crippen LogP contribution in [0, 0.1) is 6.92 Å². The Morgan fingerprint density at radius 1 is 1.44 bits per heavy atom. The maximum Gasteiger partial charge on any atom is 0.0717 e. The lowest BCUT2D eigenvalue weighted by atomic mass is 10.1. The van der Waals surface area contributed by atoms with Crippen molar-refractivity contribution in [3.8, 4) is 0 Å². The van der Waals surface area contributed by atoms with E-state index in [1.54, 1.807) is 6.20 Å². The summed E-state index contributed by atoms with van der Waals surface area (Å²) in [5, 5.41) is 9.43. The van der Waals surface area contributed by atoms with E-state index in [0.717, 1.165) is 43.1 Å². The molecule has 1 fully saturated rings. The predicted octanol–water partition coefficient (Wildman–Crippen LogP) is 1.41. The SMILES string of the molecule is CCN1CCN(c2cc(C)ncc2CO)CC1C. The zero-order valence-corrected chi connectivity index (χ0v) is 11.6. The first kappa shape index (κ1) is 13.3. The minimum atomic E-state index is 0.0605. The zero-order chi connectivity index (χ0) is 13.1. The molecular formula is C14H23N3O. The lowest BCUT2D eigenvalue weighted by molar-refractivity contribution is 0.199. The molecule has 0 bridgehead atoms. The summed E-state index contributed by atoms with van der Waals surface area (Å²) in [7, 11) is 0. The summed E-state index contributed by atoms with van der Waals surface area (Å²) in [5.74, 6) is 0. The molecule has 0 aromatic carbocycles. The Balaban J connectivity index is 2.19. The van der Waals surface area contributed by atoms with Gasteiger partial charge in [0.1, 0.15) is 0 Å². The molecule has 1 aliphatic heterocycles. The quantitative estimate of drug-likeness (QED) is 0.879. The predicted molar refractivity (Wildman–Crippen MR) is 73.8 cm³/mol. The molecular weight excluding hydrogens is 226 g/mol. The number of rotatable bonds is 3. The molecule has 0 saturated carbocycles. The van der Waals surface area contributed by atoms with E-state index in [0.29, 0.717) is 6.04 Å². The minimum absolute atomic E-state index is 0.0605. The van der Waals surface area contributed by atoms with Crippen LogP contribution in [0.2, 0.25) is 0 Å². The molecule has 0 radical (unpaired) electrons. The first-order valence-electron chi connectivity index (χ1n) is 6.71. The van der Waals surface area contributed by atoms with Gasteiger partial charge in [0, 0.05) is 48.8 Å². The lowest BCUT2D eigenvalue weighted by Gasteiger charge is -2.41. The third-order valence-electron chi connectivity index (χ3n) is 3.78. The molecule has 1 saturated heterocycles. The van der Waals surface area contributed by atoms with Crippen molar-refractivity contribution in [2.24, 2.45) is 0 Å². The number of piperazine rings is 1. The van der Waals surface area contributed by atoms with Crippen molar-refractivity contribution in [2.45, 2.75) is 33.4 Å². The standard InChI is InChI=1S/C14H23N3O/c1-4-16-5-6-17(9-12(16)3)14-7-11(2)15-8-13(14)10-18/h7-8,12,18H,4-6,9-10H2,1-3H3. The largest absolute Gasteiger partial charge is 0.392 e. The van der Waals surface area contributed by atoms with Gasteiger partial charge in [-0.05, 0) is 26.5 Å². The Morgan fingerprint density at radius 2 is 2.22 bits per heavy atom. The number of aliphatic hydroxyl groups excluding tert-OH is 1. The van der Waals surface area contributed by atoms with Crippen molar-refractivity contribution in [1.82, 2.24) is 9.88 Å². The van der Waals surface area contributed by atoms with E-state index in [2.05, 4.69) is 34.7 Å². The highest BCUT2D eigenvalue weighted by atomic mass is 16.3.